The summed E-state index contributed by atoms with van der Waals surface area (Å²) in [6, 6.07) is 0. The molecule has 0 N–H and O–H groups in total. The Bertz CT molecular complexity index is 1530. The molecule has 0 radical (unpaired) electrons. The average Bonchev–Trinajstić information content (AvgIpc) is 3.46. The van der Waals surface area contributed by atoms with Crippen molar-refractivity contribution in [2.45, 2.75) is 361 Å². The molecule has 0 spiro atoms. The van der Waals surface area contributed by atoms with Gasteiger partial charge < -0.3 is 14.2 Å². The molecule has 0 amide bonds. The summed E-state index contributed by atoms with van der Waals surface area (Å²) >= 11 is 0. The Morgan fingerprint density at radius 3 is 0.778 bits per heavy atom. The normalized spacial score (nSPS) is 12.6. The molecule has 0 saturated heterocycles. The lowest BCUT2D eigenvalue weighted by Gasteiger charge is -2.18. The van der Waals surface area contributed by atoms with E-state index in [9.17, 15) is 14.4 Å². The van der Waals surface area contributed by atoms with Crippen LogP contribution in [-0.4, -0.2) is 37.2 Å². The highest BCUT2D eigenvalue weighted by Gasteiger charge is 2.19. The highest BCUT2D eigenvalue weighted by atomic mass is 16.6. The lowest BCUT2D eigenvalue weighted by Crippen LogP contribution is -2.30. The van der Waals surface area contributed by atoms with E-state index in [0.717, 1.165) is 116 Å². The third kappa shape index (κ3) is 67.3. The van der Waals surface area contributed by atoms with Gasteiger partial charge in [0.15, 0.2) is 6.10 Å². The van der Waals surface area contributed by atoms with Gasteiger partial charge >= 0.3 is 17.9 Å². The molecule has 0 heterocycles. The Balaban J connectivity index is 4.30. The Morgan fingerprint density at radius 2 is 0.481 bits per heavy atom. The minimum atomic E-state index is -0.787. The summed E-state index contributed by atoms with van der Waals surface area (Å²) < 4.78 is 17.0. The fraction of sp³-hybridized carbons (Fsp3) is 0.773. The molecule has 1 atom stereocenters. The van der Waals surface area contributed by atoms with Crippen molar-refractivity contribution in [2.24, 2.45) is 0 Å². The minimum absolute atomic E-state index is 0.0827. The highest BCUT2D eigenvalue weighted by molar-refractivity contribution is 5.71. The van der Waals surface area contributed by atoms with E-state index in [2.05, 4.69) is 106 Å². The summed E-state index contributed by atoms with van der Waals surface area (Å²) in [5.74, 6) is -0.887. The Morgan fingerprint density at radius 1 is 0.259 bits per heavy atom. The van der Waals surface area contributed by atoms with Gasteiger partial charge in [0.2, 0.25) is 0 Å². The Kier molecular flexibility index (Phi) is 66.2. The van der Waals surface area contributed by atoms with E-state index in [1.54, 1.807) is 0 Å². The van der Waals surface area contributed by atoms with E-state index in [1.165, 1.54) is 199 Å². The van der Waals surface area contributed by atoms with Gasteiger partial charge in [-0.15, -0.1) is 0 Å². The quantitative estimate of drug-likeness (QED) is 0.0261. The number of carbonyl (C=O) groups is 3. The zero-order valence-electron chi connectivity index (χ0n) is 53.8. The Hall–Kier alpha value is -3.41. The van der Waals surface area contributed by atoms with Crippen LogP contribution in [0.4, 0.5) is 0 Å². The van der Waals surface area contributed by atoms with Gasteiger partial charge in [-0.2, -0.15) is 0 Å². The predicted molar refractivity (Wildman–Crippen MR) is 353 cm³/mol. The number of hydrogen-bond acceptors (Lipinski definition) is 6. The first kappa shape index (κ1) is 77.6. The average molecular weight is 1130 g/mol. The van der Waals surface area contributed by atoms with E-state index >= 15 is 0 Å². The largest absolute Gasteiger partial charge is 0.462 e. The van der Waals surface area contributed by atoms with Crippen LogP contribution in [0.1, 0.15) is 355 Å². The number of allylic oxidation sites excluding steroid dienone is 14. The predicted octanol–water partition coefficient (Wildman–Crippen LogP) is 24.2. The number of esters is 3. The van der Waals surface area contributed by atoms with Crippen LogP contribution < -0.4 is 0 Å². The summed E-state index contributed by atoms with van der Waals surface area (Å²) in [5, 5.41) is 0. The van der Waals surface area contributed by atoms with Crippen LogP contribution in [0, 0.1) is 0 Å². The Labute approximate surface area is 503 Å². The first-order valence-corrected chi connectivity index (χ1v) is 35.1. The van der Waals surface area contributed by atoms with E-state index < -0.39 is 6.10 Å². The molecule has 1 unspecified atom stereocenters. The van der Waals surface area contributed by atoms with Gasteiger partial charge in [-0.25, -0.2) is 0 Å². The highest BCUT2D eigenvalue weighted by Crippen LogP contribution is 2.18. The molecule has 6 nitrogen and oxygen atoms in total. The molecule has 0 aliphatic rings. The number of unbranched alkanes of at least 4 members (excludes halogenated alkanes) is 39. The maximum atomic E-state index is 13.0. The standard InChI is InChI=1S/C75H132O6/c1-4-7-10-13-16-19-22-25-27-29-31-33-35-37-39-41-43-45-47-50-53-56-59-62-65-68-74(77)80-71-72(70-79-73(76)67-64-61-58-55-52-49-24-21-18-15-12-9-6-3)81-75(78)69-66-63-60-57-54-51-48-46-44-42-40-38-36-34-32-30-28-26-23-20-17-14-11-8-5-2/h7,10,16,19,21,24-25,27,31,33,37,39,43,45,72H,4-6,8-9,11-15,17-18,20,22-23,26,28-30,32,34-36,38,40-42,44,46-71H2,1-3H3/b10-7-,19-16-,24-21-,27-25-,33-31-,39-37-,45-43-. The van der Waals surface area contributed by atoms with Crippen LogP contribution in [0.3, 0.4) is 0 Å². The molecule has 6 heteroatoms. The molecule has 0 aromatic carbocycles. The van der Waals surface area contributed by atoms with E-state index in [4.69, 9.17) is 14.2 Å². The molecule has 0 rings (SSSR count). The van der Waals surface area contributed by atoms with E-state index in [0.29, 0.717) is 19.3 Å². The maximum absolute atomic E-state index is 13.0. The van der Waals surface area contributed by atoms with Crippen LogP contribution >= 0.6 is 0 Å². The smallest absolute Gasteiger partial charge is 0.306 e. The summed E-state index contributed by atoms with van der Waals surface area (Å²) in [4.78, 5) is 38.4. The second kappa shape index (κ2) is 69.1. The molecule has 0 bridgehead atoms. The van der Waals surface area contributed by atoms with Crippen LogP contribution in [-0.2, 0) is 28.6 Å². The van der Waals surface area contributed by atoms with Crippen LogP contribution in [0.2, 0.25) is 0 Å². The molecule has 81 heavy (non-hydrogen) atoms. The third-order valence-electron chi connectivity index (χ3n) is 15.4. The monoisotopic (exact) mass is 1130 g/mol. The summed E-state index contributed by atoms with van der Waals surface area (Å²) in [6.07, 6.45) is 91.8. The molecule has 0 saturated carbocycles. The SMILES string of the molecule is CC/C=C\C/C=C\C/C=C\C/C=C\C/C=C\C/C=C\CCCCCCCCC(=O)OCC(COC(=O)CCCCCCC/C=C\CCCCCC)OC(=O)CCCCCCCCCCCCCCCCCCCCCCCCCCC. The van der Waals surface area contributed by atoms with Gasteiger partial charge in [-0.1, -0.05) is 324 Å². The number of hydrogen-bond donors (Lipinski definition) is 0. The summed E-state index contributed by atoms with van der Waals surface area (Å²) in [7, 11) is 0. The van der Waals surface area contributed by atoms with E-state index in [-0.39, 0.29) is 31.1 Å². The molecule has 0 fully saturated rings. The molecular formula is C75H132O6. The first-order chi connectivity index (χ1) is 40.0. The third-order valence-corrected chi connectivity index (χ3v) is 15.4. The summed E-state index contributed by atoms with van der Waals surface area (Å²) in [5.41, 5.74) is 0. The van der Waals surface area contributed by atoms with Crippen LogP contribution in [0.25, 0.3) is 0 Å². The molecule has 0 aliphatic carbocycles. The van der Waals surface area contributed by atoms with Crippen molar-refractivity contribution in [1.82, 2.24) is 0 Å². The van der Waals surface area contributed by atoms with Crippen LogP contribution in [0.15, 0.2) is 85.1 Å². The van der Waals surface area contributed by atoms with Gasteiger partial charge in [0.05, 0.1) is 0 Å². The zero-order valence-corrected chi connectivity index (χ0v) is 53.8. The summed E-state index contributed by atoms with van der Waals surface area (Å²) in [6.45, 7) is 6.54. The van der Waals surface area contributed by atoms with Crippen molar-refractivity contribution in [3.63, 3.8) is 0 Å². The molecule has 0 aromatic heterocycles. The minimum Gasteiger partial charge on any atom is -0.462 e. The van der Waals surface area contributed by atoms with Gasteiger partial charge in [-0.05, 0) is 96.3 Å². The van der Waals surface area contributed by atoms with Crippen molar-refractivity contribution in [3.8, 4) is 0 Å². The second-order valence-electron chi connectivity index (χ2n) is 23.4. The lowest BCUT2D eigenvalue weighted by atomic mass is 10.0. The number of rotatable bonds is 64. The topological polar surface area (TPSA) is 78.9 Å². The van der Waals surface area contributed by atoms with Gasteiger partial charge in [0.25, 0.3) is 0 Å². The van der Waals surface area contributed by atoms with Crippen molar-refractivity contribution in [3.05, 3.63) is 85.1 Å². The second-order valence-corrected chi connectivity index (χ2v) is 23.4. The lowest BCUT2D eigenvalue weighted by molar-refractivity contribution is -0.167. The maximum Gasteiger partial charge on any atom is 0.306 e. The van der Waals surface area contributed by atoms with Crippen molar-refractivity contribution >= 4 is 17.9 Å². The van der Waals surface area contributed by atoms with E-state index in [1.807, 2.05) is 0 Å². The van der Waals surface area contributed by atoms with Crippen molar-refractivity contribution < 1.29 is 28.6 Å². The molecular weight excluding hydrogens is 997 g/mol. The van der Waals surface area contributed by atoms with Gasteiger partial charge in [0.1, 0.15) is 13.2 Å². The van der Waals surface area contributed by atoms with Gasteiger partial charge in [0, 0.05) is 19.3 Å². The first-order valence-electron chi connectivity index (χ1n) is 35.1. The van der Waals surface area contributed by atoms with Crippen LogP contribution in [0.5, 0.6) is 0 Å². The fourth-order valence-corrected chi connectivity index (χ4v) is 10.2. The zero-order chi connectivity index (χ0) is 58.5. The fourth-order valence-electron chi connectivity index (χ4n) is 10.2. The molecule has 0 aliphatic heterocycles. The molecule has 0 aromatic rings. The number of carbonyl (C=O) groups excluding carboxylic acids is 3. The molecule has 468 valence electrons. The van der Waals surface area contributed by atoms with Gasteiger partial charge in [-0.3, -0.25) is 14.4 Å². The van der Waals surface area contributed by atoms with Crippen molar-refractivity contribution in [1.29, 1.82) is 0 Å². The van der Waals surface area contributed by atoms with Crippen molar-refractivity contribution in [2.75, 3.05) is 13.2 Å². The number of ether oxygens (including phenoxy) is 3.